The fourth-order valence-corrected chi connectivity index (χ4v) is 4.74. The second-order valence-corrected chi connectivity index (χ2v) is 8.77. The first-order chi connectivity index (χ1) is 11.9. The van der Waals surface area contributed by atoms with Gasteiger partial charge in [0.25, 0.3) is 0 Å². The zero-order valence-electron chi connectivity index (χ0n) is 17.2. The van der Waals surface area contributed by atoms with Gasteiger partial charge in [0.15, 0.2) is 5.79 Å². The van der Waals surface area contributed by atoms with Gasteiger partial charge < -0.3 is 14.4 Å². The predicted molar refractivity (Wildman–Crippen MR) is 106 cm³/mol. The van der Waals surface area contributed by atoms with E-state index in [-0.39, 0.29) is 11.9 Å². The molecule has 1 saturated carbocycles. The molecule has 0 N–H and O–H groups in total. The minimum Gasteiger partial charge on any atom is -0.347 e. The van der Waals surface area contributed by atoms with E-state index < -0.39 is 0 Å². The molecule has 146 valence electrons. The van der Waals surface area contributed by atoms with Crippen LogP contribution in [0, 0.1) is 11.3 Å². The smallest absolute Gasteiger partial charge is 0.168 e. The zero-order chi connectivity index (χ0) is 18.3. The fourth-order valence-electron chi connectivity index (χ4n) is 4.74. The molecule has 1 spiro atoms. The molecule has 0 aromatic rings. The topological polar surface area (TPSA) is 21.7 Å². The molecule has 2 fully saturated rings. The van der Waals surface area contributed by atoms with Crippen LogP contribution in [0.1, 0.15) is 79.1 Å². The molecule has 1 heterocycles. The number of hydrogen-bond acceptors (Lipinski definition) is 3. The summed E-state index contributed by atoms with van der Waals surface area (Å²) in [5.74, 6) is 0.556. The Balaban J connectivity index is 1.76. The summed E-state index contributed by atoms with van der Waals surface area (Å²) in [7, 11) is 0. The van der Waals surface area contributed by atoms with Crippen molar-refractivity contribution in [3.63, 3.8) is 0 Å². The van der Waals surface area contributed by atoms with Crippen molar-refractivity contribution in [2.45, 2.75) is 91.0 Å². The van der Waals surface area contributed by atoms with Gasteiger partial charge in [-0.15, -0.1) is 6.58 Å². The number of hydrogen-bond donors (Lipinski definition) is 0. The highest BCUT2D eigenvalue weighted by atomic mass is 16.7. The van der Waals surface area contributed by atoms with E-state index in [0.29, 0.717) is 5.41 Å². The van der Waals surface area contributed by atoms with Gasteiger partial charge in [0.05, 0.1) is 12.7 Å². The highest BCUT2D eigenvalue weighted by Gasteiger charge is 2.46. The Morgan fingerprint density at radius 1 is 1.20 bits per heavy atom. The Bertz CT molecular complexity index is 399. The van der Waals surface area contributed by atoms with Crippen LogP contribution >= 0.6 is 0 Å². The van der Waals surface area contributed by atoms with Crippen LogP contribution in [-0.4, -0.2) is 43.0 Å². The van der Waals surface area contributed by atoms with Gasteiger partial charge in [0.2, 0.25) is 0 Å². The monoisotopic (exact) mass is 351 g/mol. The molecular formula is C22H41NO2. The molecular weight excluding hydrogens is 310 g/mol. The summed E-state index contributed by atoms with van der Waals surface area (Å²) in [6, 6.07) is 0. The second-order valence-electron chi connectivity index (χ2n) is 8.77. The minimum absolute atomic E-state index is 0.262. The molecule has 3 heteroatoms. The fraction of sp³-hybridized carbons (Fsp3) is 0.909. The molecule has 0 amide bonds. The van der Waals surface area contributed by atoms with Gasteiger partial charge in [0, 0.05) is 25.9 Å². The third-order valence-corrected chi connectivity index (χ3v) is 6.52. The van der Waals surface area contributed by atoms with Crippen molar-refractivity contribution in [2.75, 3.05) is 26.2 Å². The third kappa shape index (κ3) is 5.80. The van der Waals surface area contributed by atoms with Gasteiger partial charge in [-0.25, -0.2) is 0 Å². The van der Waals surface area contributed by atoms with Gasteiger partial charge in [-0.1, -0.05) is 40.2 Å². The van der Waals surface area contributed by atoms with Crippen LogP contribution in [0.25, 0.3) is 0 Å². The summed E-state index contributed by atoms with van der Waals surface area (Å²) < 4.78 is 12.6. The quantitative estimate of drug-likeness (QED) is 0.492. The molecule has 1 aliphatic heterocycles. The van der Waals surface area contributed by atoms with Crippen molar-refractivity contribution in [3.05, 3.63) is 12.7 Å². The predicted octanol–water partition coefficient (Wildman–Crippen LogP) is 5.40. The van der Waals surface area contributed by atoms with E-state index in [0.717, 1.165) is 57.8 Å². The standard InChI is InChI=1S/C22H41NO2/c1-6-9-16-23(8-3)17-12-20-18-24-22(25-20)14-10-19(11-15-22)21(4,5)13-7-2/h6,19-20H,1,7-18H2,2-5H3. The van der Waals surface area contributed by atoms with Crippen LogP contribution < -0.4 is 0 Å². The van der Waals surface area contributed by atoms with Crippen LogP contribution in [0.3, 0.4) is 0 Å². The first-order valence-electron chi connectivity index (χ1n) is 10.6. The van der Waals surface area contributed by atoms with E-state index in [4.69, 9.17) is 9.47 Å². The largest absolute Gasteiger partial charge is 0.347 e. The molecule has 1 atom stereocenters. The second kappa shape index (κ2) is 9.53. The first-order valence-corrected chi connectivity index (χ1v) is 10.6. The Kier molecular flexibility index (Phi) is 7.97. The SMILES string of the molecule is C=CCCN(CC)CCC1COC2(CCC(C(C)(C)CCC)CC2)O1. The van der Waals surface area contributed by atoms with Crippen molar-refractivity contribution in [1.82, 2.24) is 4.90 Å². The van der Waals surface area contributed by atoms with Crippen molar-refractivity contribution in [1.29, 1.82) is 0 Å². The minimum atomic E-state index is -0.262. The van der Waals surface area contributed by atoms with Crippen LogP contribution in [-0.2, 0) is 9.47 Å². The van der Waals surface area contributed by atoms with Crippen LogP contribution in [0.4, 0.5) is 0 Å². The van der Waals surface area contributed by atoms with Crippen molar-refractivity contribution >= 4 is 0 Å². The maximum atomic E-state index is 6.44. The third-order valence-electron chi connectivity index (χ3n) is 6.52. The average Bonchev–Trinajstić information content (AvgIpc) is 2.98. The number of ether oxygens (including phenoxy) is 2. The molecule has 0 aromatic heterocycles. The van der Waals surface area contributed by atoms with E-state index in [1.54, 1.807) is 0 Å². The van der Waals surface area contributed by atoms with E-state index in [1.165, 1.54) is 25.7 Å². The lowest BCUT2D eigenvalue weighted by Gasteiger charge is -2.42. The van der Waals surface area contributed by atoms with E-state index in [2.05, 4.69) is 39.2 Å². The van der Waals surface area contributed by atoms with Gasteiger partial charge in [-0.2, -0.15) is 0 Å². The summed E-state index contributed by atoms with van der Waals surface area (Å²) in [5, 5.41) is 0. The highest BCUT2D eigenvalue weighted by molar-refractivity contribution is 4.90. The first kappa shape index (κ1) is 20.9. The normalized spacial score (nSPS) is 30.3. The Labute approximate surface area is 156 Å². The maximum absolute atomic E-state index is 6.44. The summed E-state index contributed by atoms with van der Waals surface area (Å²) in [5.41, 5.74) is 0.459. The van der Waals surface area contributed by atoms with Crippen molar-refractivity contribution in [2.24, 2.45) is 11.3 Å². The Morgan fingerprint density at radius 3 is 2.52 bits per heavy atom. The zero-order valence-corrected chi connectivity index (χ0v) is 17.2. The molecule has 1 unspecified atom stereocenters. The van der Waals surface area contributed by atoms with Crippen molar-refractivity contribution in [3.8, 4) is 0 Å². The average molecular weight is 352 g/mol. The molecule has 2 aliphatic rings. The lowest BCUT2D eigenvalue weighted by Crippen LogP contribution is -2.39. The van der Waals surface area contributed by atoms with E-state index >= 15 is 0 Å². The molecule has 0 bridgehead atoms. The molecule has 1 saturated heterocycles. The van der Waals surface area contributed by atoms with E-state index in [1.807, 2.05) is 6.08 Å². The molecule has 0 radical (unpaired) electrons. The van der Waals surface area contributed by atoms with Crippen molar-refractivity contribution < 1.29 is 9.47 Å². The van der Waals surface area contributed by atoms with Gasteiger partial charge in [-0.3, -0.25) is 0 Å². The van der Waals surface area contributed by atoms with Crippen LogP contribution in [0.15, 0.2) is 12.7 Å². The summed E-state index contributed by atoms with van der Waals surface area (Å²) in [4.78, 5) is 2.49. The van der Waals surface area contributed by atoms with Gasteiger partial charge >= 0.3 is 0 Å². The van der Waals surface area contributed by atoms with Gasteiger partial charge in [-0.05, 0) is 50.0 Å². The molecule has 1 aliphatic carbocycles. The summed E-state index contributed by atoms with van der Waals surface area (Å²) in [6.07, 6.45) is 11.7. The highest BCUT2D eigenvalue weighted by Crippen LogP contribution is 2.47. The number of rotatable bonds is 10. The Hall–Kier alpha value is -0.380. The van der Waals surface area contributed by atoms with Crippen LogP contribution in [0.2, 0.25) is 0 Å². The molecule has 2 rings (SSSR count). The molecule has 0 aromatic carbocycles. The lowest BCUT2D eigenvalue weighted by atomic mass is 9.68. The molecule has 3 nitrogen and oxygen atoms in total. The number of nitrogens with zero attached hydrogens (tertiary/aromatic N) is 1. The Morgan fingerprint density at radius 2 is 1.92 bits per heavy atom. The summed E-state index contributed by atoms with van der Waals surface area (Å²) >= 11 is 0. The molecule has 25 heavy (non-hydrogen) atoms. The maximum Gasteiger partial charge on any atom is 0.168 e. The summed E-state index contributed by atoms with van der Waals surface area (Å²) in [6.45, 7) is 17.3. The van der Waals surface area contributed by atoms with Gasteiger partial charge in [0.1, 0.15) is 0 Å². The van der Waals surface area contributed by atoms with E-state index in [9.17, 15) is 0 Å². The van der Waals surface area contributed by atoms with Crippen LogP contribution in [0.5, 0.6) is 0 Å². The lowest BCUT2D eigenvalue weighted by molar-refractivity contribution is -0.197.